The van der Waals surface area contributed by atoms with E-state index in [0.717, 1.165) is 28.6 Å². The molecule has 0 heterocycles. The maximum Gasteiger partial charge on any atom is 0.335 e. The van der Waals surface area contributed by atoms with E-state index in [0.29, 0.717) is 23.3 Å². The minimum atomic E-state index is -1.04. The Bertz CT molecular complexity index is 1330. The van der Waals surface area contributed by atoms with Gasteiger partial charge in [0.05, 0.1) is 12.0 Å². The maximum atomic E-state index is 13.2. The number of para-hydroxylation sites is 1. The van der Waals surface area contributed by atoms with Crippen molar-refractivity contribution in [3.05, 3.63) is 107 Å². The lowest BCUT2D eigenvalue weighted by molar-refractivity contribution is -0.117. The number of benzene rings is 4. The van der Waals surface area contributed by atoms with Gasteiger partial charge in [-0.25, -0.2) is 4.79 Å². The molecule has 4 aromatic rings. The zero-order valence-corrected chi connectivity index (χ0v) is 19.3. The average molecular weight is 454 g/mol. The predicted molar refractivity (Wildman–Crippen MR) is 135 cm³/mol. The number of hydrogen-bond acceptors (Lipinski definition) is 3. The third-order valence-corrected chi connectivity index (χ3v) is 5.98. The van der Waals surface area contributed by atoms with Gasteiger partial charge in [-0.2, -0.15) is 0 Å². The van der Waals surface area contributed by atoms with E-state index in [-0.39, 0.29) is 17.9 Å². The van der Waals surface area contributed by atoms with Crippen LogP contribution < -0.4 is 9.64 Å². The molecule has 0 fully saturated rings. The molecule has 0 aliphatic rings. The fourth-order valence-corrected chi connectivity index (χ4v) is 4.12. The highest BCUT2D eigenvalue weighted by Gasteiger charge is 2.18. The minimum absolute atomic E-state index is 0.0777. The molecular formula is C29H27NO4. The number of aromatic carboxylic acids is 1. The number of hydrogen-bond donors (Lipinski definition) is 1. The van der Waals surface area contributed by atoms with Crippen LogP contribution in [-0.4, -0.2) is 24.0 Å². The van der Waals surface area contributed by atoms with Crippen molar-refractivity contribution in [2.45, 2.75) is 26.4 Å². The molecule has 0 spiro atoms. The fraction of sp³-hybridized carbons (Fsp3) is 0.172. The SMILES string of the molecule is CCc1ccccc1N(C)C(=O)Cc1cc(C(=O)O)cc2c(OCc3ccccc3)cccc12. The van der Waals surface area contributed by atoms with Crippen molar-refractivity contribution >= 4 is 28.3 Å². The Morgan fingerprint density at radius 3 is 2.32 bits per heavy atom. The molecule has 4 rings (SSSR count). The highest BCUT2D eigenvalue weighted by atomic mass is 16.5. The van der Waals surface area contributed by atoms with E-state index in [4.69, 9.17) is 4.74 Å². The van der Waals surface area contributed by atoms with Gasteiger partial charge in [0.1, 0.15) is 12.4 Å². The van der Waals surface area contributed by atoms with Crippen molar-refractivity contribution in [2.24, 2.45) is 0 Å². The summed E-state index contributed by atoms with van der Waals surface area (Å²) in [4.78, 5) is 26.8. The zero-order valence-electron chi connectivity index (χ0n) is 19.3. The number of likely N-dealkylation sites (N-methyl/N-ethyl adjacent to an activating group) is 1. The van der Waals surface area contributed by atoms with E-state index in [1.54, 1.807) is 24.1 Å². The molecule has 0 aromatic heterocycles. The second-order valence-electron chi connectivity index (χ2n) is 8.18. The largest absolute Gasteiger partial charge is 0.488 e. The summed E-state index contributed by atoms with van der Waals surface area (Å²) in [5, 5.41) is 11.2. The lowest BCUT2D eigenvalue weighted by Gasteiger charge is -2.21. The van der Waals surface area contributed by atoms with Crippen molar-refractivity contribution in [1.29, 1.82) is 0 Å². The van der Waals surface area contributed by atoms with Crippen LogP contribution in [0.15, 0.2) is 84.9 Å². The second-order valence-corrected chi connectivity index (χ2v) is 8.18. The molecule has 0 bridgehead atoms. The van der Waals surface area contributed by atoms with Gasteiger partial charge in [-0.15, -0.1) is 0 Å². The number of anilines is 1. The Hall–Kier alpha value is -4.12. The third kappa shape index (κ3) is 4.94. The van der Waals surface area contributed by atoms with Gasteiger partial charge in [0, 0.05) is 18.1 Å². The standard InChI is InChI=1S/C29H27NO4/c1-3-21-12-7-8-14-26(21)30(2)28(31)18-22-16-23(29(32)33)17-25-24(22)13-9-15-27(25)34-19-20-10-5-4-6-11-20/h4-17H,3,18-19H2,1-2H3,(H,32,33). The first-order chi connectivity index (χ1) is 16.5. The predicted octanol–water partition coefficient (Wildman–Crippen LogP) is 5.88. The molecule has 172 valence electrons. The first-order valence-electron chi connectivity index (χ1n) is 11.3. The van der Waals surface area contributed by atoms with E-state index in [1.165, 1.54) is 0 Å². The van der Waals surface area contributed by atoms with Crippen LogP contribution in [0.25, 0.3) is 10.8 Å². The maximum absolute atomic E-state index is 13.2. The summed E-state index contributed by atoms with van der Waals surface area (Å²) in [6, 6.07) is 26.4. The summed E-state index contributed by atoms with van der Waals surface area (Å²) in [7, 11) is 1.76. The number of ether oxygens (including phenoxy) is 1. The molecular weight excluding hydrogens is 426 g/mol. The molecule has 0 aliphatic heterocycles. The van der Waals surface area contributed by atoms with Gasteiger partial charge in [0.2, 0.25) is 5.91 Å². The van der Waals surface area contributed by atoms with Crippen LogP contribution >= 0.6 is 0 Å². The minimum Gasteiger partial charge on any atom is -0.488 e. The van der Waals surface area contributed by atoms with Crippen molar-refractivity contribution in [3.8, 4) is 5.75 Å². The van der Waals surface area contributed by atoms with Crippen LogP contribution in [0.1, 0.15) is 34.0 Å². The smallest absolute Gasteiger partial charge is 0.335 e. The van der Waals surface area contributed by atoms with E-state index >= 15 is 0 Å². The normalized spacial score (nSPS) is 10.8. The number of aryl methyl sites for hydroxylation is 1. The summed E-state index contributed by atoms with van der Waals surface area (Å²) in [6.07, 6.45) is 0.891. The molecule has 1 amide bonds. The van der Waals surface area contributed by atoms with Crippen LogP contribution in [0, 0.1) is 0 Å². The Kier molecular flexibility index (Phi) is 6.93. The molecule has 4 aromatic carbocycles. The fourth-order valence-electron chi connectivity index (χ4n) is 4.12. The van der Waals surface area contributed by atoms with E-state index in [1.807, 2.05) is 72.8 Å². The van der Waals surface area contributed by atoms with Gasteiger partial charge in [-0.05, 0) is 52.8 Å². The molecule has 0 radical (unpaired) electrons. The lowest BCUT2D eigenvalue weighted by Crippen LogP contribution is -2.28. The molecule has 5 heteroatoms. The van der Waals surface area contributed by atoms with Crippen molar-refractivity contribution in [2.75, 3.05) is 11.9 Å². The molecule has 0 atom stereocenters. The van der Waals surface area contributed by atoms with Gasteiger partial charge < -0.3 is 14.7 Å². The quantitative estimate of drug-likeness (QED) is 0.362. The summed E-state index contributed by atoms with van der Waals surface area (Å²) < 4.78 is 6.06. The van der Waals surface area contributed by atoms with Gasteiger partial charge >= 0.3 is 5.97 Å². The number of carbonyl (C=O) groups excluding carboxylic acids is 1. The summed E-state index contributed by atoms with van der Waals surface area (Å²) >= 11 is 0. The number of carbonyl (C=O) groups is 2. The number of fused-ring (bicyclic) bond motifs is 1. The average Bonchev–Trinajstić information content (AvgIpc) is 2.87. The van der Waals surface area contributed by atoms with Crippen LogP contribution in [0.5, 0.6) is 5.75 Å². The number of carboxylic acids is 1. The Morgan fingerprint density at radius 1 is 0.853 bits per heavy atom. The molecule has 0 saturated heterocycles. The van der Waals surface area contributed by atoms with Gasteiger partial charge in [0.25, 0.3) is 0 Å². The number of nitrogens with zero attached hydrogens (tertiary/aromatic N) is 1. The lowest BCUT2D eigenvalue weighted by atomic mass is 9.97. The highest BCUT2D eigenvalue weighted by Crippen LogP contribution is 2.31. The topological polar surface area (TPSA) is 66.8 Å². The highest BCUT2D eigenvalue weighted by molar-refractivity contribution is 6.02. The second kappa shape index (κ2) is 10.2. The van der Waals surface area contributed by atoms with Crippen LogP contribution in [0.3, 0.4) is 0 Å². The Labute approximate surface area is 199 Å². The summed E-state index contributed by atoms with van der Waals surface area (Å²) in [5.74, 6) is -0.568. The van der Waals surface area contributed by atoms with E-state index < -0.39 is 5.97 Å². The summed E-state index contributed by atoms with van der Waals surface area (Å²) in [6.45, 7) is 2.42. The van der Waals surface area contributed by atoms with E-state index in [2.05, 4.69) is 6.92 Å². The number of rotatable bonds is 8. The first-order valence-corrected chi connectivity index (χ1v) is 11.3. The summed E-state index contributed by atoms with van der Waals surface area (Å²) in [5.41, 5.74) is 3.74. The molecule has 0 aliphatic carbocycles. The molecule has 0 saturated carbocycles. The molecule has 1 N–H and O–H groups in total. The van der Waals surface area contributed by atoms with E-state index in [9.17, 15) is 14.7 Å². The number of carboxylic acid groups (broad SMARTS) is 1. The van der Waals surface area contributed by atoms with Crippen LogP contribution in [0.4, 0.5) is 5.69 Å². The molecule has 5 nitrogen and oxygen atoms in total. The Morgan fingerprint density at radius 2 is 1.59 bits per heavy atom. The number of amides is 1. The zero-order chi connectivity index (χ0) is 24.1. The van der Waals surface area contributed by atoms with Gasteiger partial charge in [-0.3, -0.25) is 4.79 Å². The van der Waals surface area contributed by atoms with Crippen molar-refractivity contribution in [1.82, 2.24) is 0 Å². The Balaban J connectivity index is 1.69. The first kappa shape index (κ1) is 23.1. The van der Waals surface area contributed by atoms with Crippen LogP contribution in [-0.2, 0) is 24.2 Å². The van der Waals surface area contributed by atoms with Crippen molar-refractivity contribution in [3.63, 3.8) is 0 Å². The van der Waals surface area contributed by atoms with Crippen molar-refractivity contribution < 1.29 is 19.4 Å². The third-order valence-electron chi connectivity index (χ3n) is 5.98. The monoisotopic (exact) mass is 453 g/mol. The molecule has 34 heavy (non-hydrogen) atoms. The van der Waals surface area contributed by atoms with Crippen LogP contribution in [0.2, 0.25) is 0 Å². The van der Waals surface area contributed by atoms with Gasteiger partial charge in [0.15, 0.2) is 0 Å². The molecule has 0 unspecified atom stereocenters. The van der Waals surface area contributed by atoms with Gasteiger partial charge in [-0.1, -0.05) is 67.6 Å².